The number of nitriles is 1. The van der Waals surface area contributed by atoms with Crippen molar-refractivity contribution < 1.29 is 4.74 Å². The minimum absolute atomic E-state index is 0.352. The highest BCUT2D eigenvalue weighted by atomic mass is 35.5. The second-order valence-corrected chi connectivity index (χ2v) is 10.2. The van der Waals surface area contributed by atoms with Crippen molar-refractivity contribution in [3.05, 3.63) is 130 Å². The van der Waals surface area contributed by atoms with E-state index in [-0.39, 0.29) is 0 Å². The van der Waals surface area contributed by atoms with Crippen molar-refractivity contribution in [3.63, 3.8) is 0 Å². The number of para-hydroxylation sites is 2. The van der Waals surface area contributed by atoms with Crippen molar-refractivity contribution in [3.8, 4) is 28.8 Å². The van der Waals surface area contributed by atoms with E-state index in [1.165, 1.54) is 11.3 Å². The number of fused-ring (bicyclic) bond motifs is 1. The topological polar surface area (TPSA) is 63.7 Å². The average Bonchev–Trinajstić information content (AvgIpc) is 3.61. The highest BCUT2D eigenvalue weighted by Gasteiger charge is 2.15. The van der Waals surface area contributed by atoms with Gasteiger partial charge in [-0.05, 0) is 48.5 Å². The number of benzene rings is 4. The molecule has 0 radical (unpaired) electrons. The normalized spacial score (nSPS) is 11.4. The van der Waals surface area contributed by atoms with Crippen LogP contribution >= 0.6 is 22.9 Å². The molecule has 6 rings (SSSR count). The van der Waals surface area contributed by atoms with E-state index in [2.05, 4.69) is 6.07 Å². The molecular weight excluding hydrogens is 524 g/mol. The first-order valence-electron chi connectivity index (χ1n) is 12.3. The molecule has 39 heavy (non-hydrogen) atoms. The summed E-state index contributed by atoms with van der Waals surface area (Å²) in [5, 5.41) is 16.3. The predicted octanol–water partition coefficient (Wildman–Crippen LogP) is 8.45. The van der Waals surface area contributed by atoms with E-state index in [1.807, 2.05) is 120 Å². The van der Waals surface area contributed by atoms with Gasteiger partial charge in [0.05, 0.1) is 21.5 Å². The van der Waals surface area contributed by atoms with Crippen LogP contribution in [0.1, 0.15) is 16.1 Å². The Labute approximate surface area is 234 Å². The van der Waals surface area contributed by atoms with Crippen molar-refractivity contribution in [2.45, 2.75) is 6.61 Å². The van der Waals surface area contributed by atoms with Crippen LogP contribution in [0.3, 0.4) is 0 Å². The first-order chi connectivity index (χ1) is 19.2. The zero-order valence-electron chi connectivity index (χ0n) is 20.7. The van der Waals surface area contributed by atoms with Gasteiger partial charge in [0.2, 0.25) is 0 Å². The van der Waals surface area contributed by atoms with Gasteiger partial charge < -0.3 is 4.74 Å². The van der Waals surface area contributed by atoms with Gasteiger partial charge in [-0.1, -0.05) is 72.3 Å². The van der Waals surface area contributed by atoms with Crippen molar-refractivity contribution >= 4 is 44.8 Å². The first-order valence-corrected chi connectivity index (χ1v) is 13.5. The number of nitrogens with zero attached hydrogens (tertiary/aromatic N) is 4. The molecule has 2 heterocycles. The van der Waals surface area contributed by atoms with Gasteiger partial charge in [-0.25, -0.2) is 9.67 Å². The fourth-order valence-corrected chi connectivity index (χ4v) is 5.35. The third kappa shape index (κ3) is 5.32. The van der Waals surface area contributed by atoms with E-state index >= 15 is 0 Å². The molecule has 0 fully saturated rings. The van der Waals surface area contributed by atoms with Crippen molar-refractivity contribution in [2.75, 3.05) is 0 Å². The van der Waals surface area contributed by atoms with Crippen LogP contribution in [0.4, 0.5) is 0 Å². The summed E-state index contributed by atoms with van der Waals surface area (Å²) in [7, 11) is 0. The molecule has 0 bridgehead atoms. The minimum Gasteiger partial charge on any atom is -0.489 e. The number of halogens is 1. The molecule has 0 atom stereocenters. The van der Waals surface area contributed by atoms with Crippen LogP contribution < -0.4 is 4.74 Å². The van der Waals surface area contributed by atoms with E-state index in [4.69, 9.17) is 26.4 Å². The van der Waals surface area contributed by atoms with Crippen LogP contribution in [-0.4, -0.2) is 14.8 Å². The number of hydrogen-bond acceptors (Lipinski definition) is 5. The maximum atomic E-state index is 10.1. The van der Waals surface area contributed by atoms with Crippen LogP contribution in [0.25, 0.3) is 38.8 Å². The largest absolute Gasteiger partial charge is 0.489 e. The summed E-state index contributed by atoms with van der Waals surface area (Å²) in [6.07, 6.45) is 3.79. The number of ether oxygens (including phenoxy) is 1. The van der Waals surface area contributed by atoms with E-state index in [1.54, 1.807) is 0 Å². The number of aromatic nitrogens is 3. The van der Waals surface area contributed by atoms with Gasteiger partial charge in [0, 0.05) is 27.9 Å². The maximum Gasteiger partial charge on any atom is 0.135 e. The van der Waals surface area contributed by atoms with Gasteiger partial charge in [0.1, 0.15) is 29.1 Å². The summed E-state index contributed by atoms with van der Waals surface area (Å²) < 4.78 is 8.94. The Kier molecular flexibility index (Phi) is 6.92. The van der Waals surface area contributed by atoms with Crippen molar-refractivity contribution in [1.29, 1.82) is 5.26 Å². The SMILES string of the molecule is N#CC(=Cc1cn(-c2ccccc2)nc1-c1cccc(OCc2ccccc2Cl)c1)c1nc2ccccc2s1. The van der Waals surface area contributed by atoms with Gasteiger partial charge in [-0.3, -0.25) is 0 Å². The Bertz CT molecular complexity index is 1820. The van der Waals surface area contributed by atoms with E-state index in [0.29, 0.717) is 28.0 Å². The highest BCUT2D eigenvalue weighted by molar-refractivity contribution is 7.19. The maximum absolute atomic E-state index is 10.1. The number of hydrogen-bond donors (Lipinski definition) is 0. The third-order valence-corrected chi connectivity index (χ3v) is 7.61. The molecule has 6 aromatic rings. The average molecular weight is 545 g/mol. The molecule has 188 valence electrons. The molecular formula is C32H21ClN4OS. The number of rotatable bonds is 7. The Hall–Kier alpha value is -4.70. The van der Waals surface area contributed by atoms with Crippen LogP contribution in [0.5, 0.6) is 5.75 Å². The lowest BCUT2D eigenvalue weighted by Gasteiger charge is -2.09. The lowest BCUT2D eigenvalue weighted by atomic mass is 10.1. The molecule has 0 N–H and O–H groups in total. The molecule has 0 amide bonds. The Morgan fingerprint density at radius 2 is 1.74 bits per heavy atom. The molecule has 0 saturated heterocycles. The monoisotopic (exact) mass is 544 g/mol. The van der Waals surface area contributed by atoms with Gasteiger partial charge in [-0.15, -0.1) is 11.3 Å². The second kappa shape index (κ2) is 11.0. The smallest absolute Gasteiger partial charge is 0.135 e. The quantitative estimate of drug-likeness (QED) is 0.189. The van der Waals surface area contributed by atoms with Crippen molar-refractivity contribution in [1.82, 2.24) is 14.8 Å². The highest BCUT2D eigenvalue weighted by Crippen LogP contribution is 2.32. The van der Waals surface area contributed by atoms with Gasteiger partial charge >= 0.3 is 0 Å². The molecule has 7 heteroatoms. The molecule has 4 aromatic carbocycles. The van der Waals surface area contributed by atoms with Gasteiger partial charge in [0.15, 0.2) is 0 Å². The van der Waals surface area contributed by atoms with Crippen molar-refractivity contribution in [2.24, 2.45) is 0 Å². The summed E-state index contributed by atoms with van der Waals surface area (Å²) in [6, 6.07) is 35.5. The molecule has 0 aliphatic rings. The summed E-state index contributed by atoms with van der Waals surface area (Å²) >= 11 is 7.81. The van der Waals surface area contributed by atoms with Gasteiger partial charge in [0.25, 0.3) is 0 Å². The summed E-state index contributed by atoms with van der Waals surface area (Å²) in [5.74, 6) is 0.697. The molecule has 0 spiro atoms. The number of allylic oxidation sites excluding steroid dienone is 1. The fourth-order valence-electron chi connectivity index (χ4n) is 4.22. The Morgan fingerprint density at radius 3 is 2.56 bits per heavy atom. The lowest BCUT2D eigenvalue weighted by molar-refractivity contribution is 0.306. The van der Waals surface area contributed by atoms with Crippen LogP contribution in [-0.2, 0) is 6.61 Å². The van der Waals surface area contributed by atoms with E-state index < -0.39 is 0 Å². The van der Waals surface area contributed by atoms with E-state index in [9.17, 15) is 5.26 Å². The van der Waals surface area contributed by atoms with Crippen LogP contribution in [0, 0.1) is 11.3 Å². The molecule has 0 aliphatic heterocycles. The second-order valence-electron chi connectivity index (χ2n) is 8.78. The lowest BCUT2D eigenvalue weighted by Crippen LogP contribution is -1.97. The summed E-state index contributed by atoms with van der Waals surface area (Å²) in [4.78, 5) is 4.69. The predicted molar refractivity (Wildman–Crippen MR) is 158 cm³/mol. The molecule has 0 aliphatic carbocycles. The third-order valence-electron chi connectivity index (χ3n) is 6.17. The van der Waals surface area contributed by atoms with E-state index in [0.717, 1.165) is 38.3 Å². The fraction of sp³-hybridized carbons (Fsp3) is 0.0312. The Morgan fingerprint density at radius 1 is 0.949 bits per heavy atom. The molecule has 0 unspecified atom stereocenters. The van der Waals surface area contributed by atoms with Gasteiger partial charge in [-0.2, -0.15) is 10.4 Å². The zero-order chi connectivity index (χ0) is 26.6. The Balaban J connectivity index is 1.40. The first kappa shape index (κ1) is 24.6. The summed E-state index contributed by atoms with van der Waals surface area (Å²) in [5.41, 5.74) is 5.60. The van der Waals surface area contributed by atoms with Crippen LogP contribution in [0.15, 0.2) is 109 Å². The summed E-state index contributed by atoms with van der Waals surface area (Å²) in [6.45, 7) is 0.352. The minimum atomic E-state index is 0.352. The molecule has 5 nitrogen and oxygen atoms in total. The zero-order valence-corrected chi connectivity index (χ0v) is 22.2. The number of thiazole rings is 1. The molecule has 0 saturated carbocycles. The standard InChI is InChI=1S/C32H21ClN4OS/c33-28-14-5-4-9-23(28)21-38-27-13-8-10-22(18-27)31-25(20-37(36-31)26-11-2-1-3-12-26)17-24(19-34)32-35-29-15-6-7-16-30(29)39-32/h1-18,20H,21H2. The van der Waals surface area contributed by atoms with Crippen LogP contribution in [0.2, 0.25) is 5.02 Å². The molecule has 2 aromatic heterocycles.